The topological polar surface area (TPSA) is 78.7 Å². The van der Waals surface area contributed by atoms with Gasteiger partial charge in [0.1, 0.15) is 12.4 Å². The lowest BCUT2D eigenvalue weighted by Crippen LogP contribution is -2.15. The van der Waals surface area contributed by atoms with E-state index in [2.05, 4.69) is 25.3 Å². The second-order valence-electron chi connectivity index (χ2n) is 6.84. The van der Waals surface area contributed by atoms with Gasteiger partial charge in [-0.05, 0) is 25.8 Å². The maximum atomic E-state index is 13.1. The van der Waals surface area contributed by atoms with Crippen molar-refractivity contribution in [3.8, 4) is 0 Å². The summed E-state index contributed by atoms with van der Waals surface area (Å²) in [6.45, 7) is 1.75. The molecule has 0 N–H and O–H groups in total. The van der Waals surface area contributed by atoms with Gasteiger partial charge in [0.05, 0.1) is 11.6 Å². The number of alkyl halides is 3. The van der Waals surface area contributed by atoms with Gasteiger partial charge in [0.15, 0.2) is 22.8 Å². The molecule has 0 bridgehead atoms. The number of hydrogen-bond acceptors (Lipinski definition) is 5. The number of halogens is 3. The van der Waals surface area contributed by atoms with Crippen molar-refractivity contribution in [1.29, 1.82) is 0 Å². The smallest absolute Gasteiger partial charge is 0.258 e. The standard InChI is InChI=1S/C16H15F3N8/c1-8(27-11(9-3-4-9)5-12(23-27)16(17,18)19)13-22-15-10-6-21-25(2)14(10)20-7-26(15)24-13/h5-9H,3-4H2,1-2H3/t8-/m1/s1. The van der Waals surface area contributed by atoms with E-state index < -0.39 is 17.9 Å². The summed E-state index contributed by atoms with van der Waals surface area (Å²) < 4.78 is 44.0. The molecule has 8 nitrogen and oxygen atoms in total. The van der Waals surface area contributed by atoms with E-state index >= 15 is 0 Å². The summed E-state index contributed by atoms with van der Waals surface area (Å²) in [7, 11) is 1.77. The number of aryl methyl sites for hydroxylation is 1. The van der Waals surface area contributed by atoms with Crippen LogP contribution in [0.1, 0.15) is 48.9 Å². The second-order valence-corrected chi connectivity index (χ2v) is 6.84. The first-order chi connectivity index (χ1) is 12.8. The minimum absolute atomic E-state index is 0.111. The van der Waals surface area contributed by atoms with Crippen molar-refractivity contribution < 1.29 is 13.2 Å². The Balaban J connectivity index is 1.62. The van der Waals surface area contributed by atoms with Gasteiger partial charge in [-0.25, -0.2) is 14.5 Å². The molecule has 27 heavy (non-hydrogen) atoms. The van der Waals surface area contributed by atoms with Crippen molar-refractivity contribution in [2.75, 3.05) is 0 Å². The molecular weight excluding hydrogens is 361 g/mol. The monoisotopic (exact) mass is 376 g/mol. The molecule has 1 saturated carbocycles. The maximum Gasteiger partial charge on any atom is 0.435 e. The average Bonchev–Trinajstić information content (AvgIpc) is 3.06. The Kier molecular flexibility index (Phi) is 3.16. The van der Waals surface area contributed by atoms with E-state index in [1.165, 1.54) is 15.5 Å². The highest BCUT2D eigenvalue weighted by atomic mass is 19.4. The van der Waals surface area contributed by atoms with E-state index in [4.69, 9.17) is 0 Å². The number of nitrogens with zero attached hydrogens (tertiary/aromatic N) is 8. The Morgan fingerprint density at radius 2 is 1.96 bits per heavy atom. The Labute approximate surface area is 150 Å². The molecule has 1 atom stereocenters. The second kappa shape index (κ2) is 5.27. The molecule has 1 aliphatic rings. The minimum atomic E-state index is -4.48. The summed E-state index contributed by atoms with van der Waals surface area (Å²) in [5.41, 5.74) is 0.923. The van der Waals surface area contributed by atoms with E-state index in [0.29, 0.717) is 22.8 Å². The van der Waals surface area contributed by atoms with E-state index in [1.807, 2.05) is 0 Å². The van der Waals surface area contributed by atoms with Gasteiger partial charge in [0.2, 0.25) is 0 Å². The molecule has 4 aromatic rings. The fourth-order valence-electron chi connectivity index (χ4n) is 3.28. The average molecular weight is 376 g/mol. The summed E-state index contributed by atoms with van der Waals surface area (Å²) in [4.78, 5) is 8.84. The summed E-state index contributed by atoms with van der Waals surface area (Å²) in [5, 5.41) is 13.1. The summed E-state index contributed by atoms with van der Waals surface area (Å²) in [6.07, 6.45) is 0.427. The highest BCUT2D eigenvalue weighted by Crippen LogP contribution is 2.43. The summed E-state index contributed by atoms with van der Waals surface area (Å²) in [6, 6.07) is 0.605. The van der Waals surface area contributed by atoms with Gasteiger partial charge in [-0.15, -0.1) is 5.10 Å². The van der Waals surface area contributed by atoms with Crippen LogP contribution in [0.15, 0.2) is 18.6 Å². The Morgan fingerprint density at radius 1 is 1.19 bits per heavy atom. The zero-order valence-corrected chi connectivity index (χ0v) is 14.5. The number of rotatable bonds is 3. The predicted octanol–water partition coefficient (Wildman–Crippen LogP) is 2.71. The van der Waals surface area contributed by atoms with Crippen LogP contribution >= 0.6 is 0 Å². The van der Waals surface area contributed by atoms with E-state index in [0.717, 1.165) is 24.3 Å². The molecule has 0 unspecified atom stereocenters. The van der Waals surface area contributed by atoms with Gasteiger partial charge in [-0.2, -0.15) is 23.4 Å². The van der Waals surface area contributed by atoms with Gasteiger partial charge < -0.3 is 0 Å². The highest BCUT2D eigenvalue weighted by molar-refractivity contribution is 5.88. The van der Waals surface area contributed by atoms with Crippen molar-refractivity contribution in [3.63, 3.8) is 0 Å². The zero-order chi connectivity index (χ0) is 18.9. The molecule has 0 aliphatic heterocycles. The lowest BCUT2D eigenvalue weighted by Gasteiger charge is -2.12. The highest BCUT2D eigenvalue weighted by Gasteiger charge is 2.39. The van der Waals surface area contributed by atoms with E-state index in [9.17, 15) is 13.2 Å². The van der Waals surface area contributed by atoms with Gasteiger partial charge >= 0.3 is 6.18 Å². The summed E-state index contributed by atoms with van der Waals surface area (Å²) in [5.74, 6) is 0.492. The molecule has 0 radical (unpaired) electrons. The van der Waals surface area contributed by atoms with Crippen LogP contribution < -0.4 is 0 Å². The van der Waals surface area contributed by atoms with Gasteiger partial charge in [-0.3, -0.25) is 9.36 Å². The molecule has 1 aliphatic carbocycles. The third-order valence-electron chi connectivity index (χ3n) is 4.88. The number of fused-ring (bicyclic) bond motifs is 3. The van der Waals surface area contributed by atoms with E-state index in [-0.39, 0.29) is 5.92 Å². The van der Waals surface area contributed by atoms with Crippen LogP contribution in [0.2, 0.25) is 0 Å². The molecule has 0 amide bonds. The molecule has 4 heterocycles. The number of aromatic nitrogens is 8. The molecule has 140 valence electrons. The van der Waals surface area contributed by atoms with Crippen LogP contribution in [0.3, 0.4) is 0 Å². The summed E-state index contributed by atoms with van der Waals surface area (Å²) >= 11 is 0. The van der Waals surface area contributed by atoms with Crippen molar-refractivity contribution in [3.05, 3.63) is 35.8 Å². The van der Waals surface area contributed by atoms with Crippen molar-refractivity contribution in [2.45, 2.75) is 37.9 Å². The lowest BCUT2D eigenvalue weighted by atomic mass is 10.2. The third kappa shape index (κ3) is 2.48. The van der Waals surface area contributed by atoms with Crippen molar-refractivity contribution in [2.24, 2.45) is 7.05 Å². The quantitative estimate of drug-likeness (QED) is 0.549. The molecule has 11 heteroatoms. The molecule has 4 aromatic heterocycles. The van der Waals surface area contributed by atoms with Crippen LogP contribution in [0.4, 0.5) is 13.2 Å². The third-order valence-corrected chi connectivity index (χ3v) is 4.88. The van der Waals surface area contributed by atoms with Crippen molar-refractivity contribution in [1.82, 2.24) is 39.1 Å². The largest absolute Gasteiger partial charge is 0.435 e. The fourth-order valence-corrected chi connectivity index (χ4v) is 3.28. The van der Waals surface area contributed by atoms with Gasteiger partial charge in [-0.1, -0.05) is 0 Å². The van der Waals surface area contributed by atoms with Gasteiger partial charge in [0, 0.05) is 18.7 Å². The maximum absolute atomic E-state index is 13.1. The Morgan fingerprint density at radius 3 is 2.67 bits per heavy atom. The van der Waals surface area contributed by atoms with Crippen LogP contribution in [-0.2, 0) is 13.2 Å². The molecule has 1 fully saturated rings. The molecule has 0 aromatic carbocycles. The molecule has 5 rings (SSSR count). The van der Waals surface area contributed by atoms with Crippen molar-refractivity contribution >= 4 is 16.7 Å². The fraction of sp³-hybridized carbons (Fsp3) is 0.438. The number of hydrogen-bond donors (Lipinski definition) is 0. The lowest BCUT2D eigenvalue weighted by molar-refractivity contribution is -0.141. The molecular formula is C16H15F3N8. The van der Waals surface area contributed by atoms with Crippen LogP contribution in [0.5, 0.6) is 0 Å². The van der Waals surface area contributed by atoms with Gasteiger partial charge in [0.25, 0.3) is 0 Å². The zero-order valence-electron chi connectivity index (χ0n) is 14.5. The van der Waals surface area contributed by atoms with Crippen LogP contribution in [0.25, 0.3) is 16.7 Å². The van der Waals surface area contributed by atoms with Crippen LogP contribution in [-0.4, -0.2) is 39.1 Å². The first kappa shape index (κ1) is 16.2. The van der Waals surface area contributed by atoms with Crippen LogP contribution in [0, 0.1) is 0 Å². The van der Waals surface area contributed by atoms with E-state index in [1.54, 1.807) is 24.9 Å². The SMILES string of the molecule is C[C@H](c1nc2c3cnn(C)c3ncn2n1)n1nc(C(F)(F)F)cc1C1CC1. The first-order valence-corrected chi connectivity index (χ1v) is 8.52. The Bertz CT molecular complexity index is 1160. The molecule has 0 spiro atoms. The predicted molar refractivity (Wildman–Crippen MR) is 88.1 cm³/mol. The minimum Gasteiger partial charge on any atom is -0.258 e. The first-order valence-electron chi connectivity index (χ1n) is 8.52. The normalized spacial score (nSPS) is 16.5. The molecule has 0 saturated heterocycles. The Hall–Kier alpha value is -2.98.